The van der Waals surface area contributed by atoms with Crippen molar-refractivity contribution >= 4 is 33.7 Å². The number of nitrogens with one attached hydrogen (secondary N) is 1. The van der Waals surface area contributed by atoms with Crippen molar-refractivity contribution in [2.75, 3.05) is 25.5 Å². The minimum Gasteiger partial charge on any atom is -0.466 e. The van der Waals surface area contributed by atoms with E-state index in [-0.39, 0.29) is 10.8 Å². The van der Waals surface area contributed by atoms with Crippen LogP contribution in [0.25, 0.3) is 6.08 Å². The van der Waals surface area contributed by atoms with E-state index in [1.165, 1.54) is 29.6 Å². The predicted octanol–water partition coefficient (Wildman–Crippen LogP) is 3.55. The number of rotatable bonds is 6. The van der Waals surface area contributed by atoms with E-state index >= 15 is 0 Å². The zero-order valence-electron chi connectivity index (χ0n) is 17.6. The van der Waals surface area contributed by atoms with E-state index in [2.05, 4.69) is 17.0 Å². The zero-order chi connectivity index (χ0) is 22.4. The van der Waals surface area contributed by atoms with E-state index in [0.29, 0.717) is 30.3 Å². The maximum Gasteiger partial charge on any atom is 0.330 e. The molecule has 1 unspecified atom stereocenters. The maximum atomic E-state index is 12.8. The van der Waals surface area contributed by atoms with Gasteiger partial charge >= 0.3 is 5.97 Å². The van der Waals surface area contributed by atoms with Crippen molar-refractivity contribution in [1.29, 1.82) is 0 Å². The molecule has 1 aliphatic rings. The van der Waals surface area contributed by atoms with Gasteiger partial charge in [-0.05, 0) is 66.8 Å². The van der Waals surface area contributed by atoms with Gasteiger partial charge in [0.1, 0.15) is 0 Å². The summed E-state index contributed by atoms with van der Waals surface area (Å²) >= 11 is 0. The minimum absolute atomic E-state index is 0.223. The Hall–Kier alpha value is -2.97. The standard InChI is InChI=1S/C23H26N2O5S/c1-17-4-3-15-25(16-17)31(28,29)21-12-10-20(11-13-21)24-23(27)19-8-5-18(6-9-19)7-14-22(26)30-2/h5-14,17H,3-4,15-16H2,1-2H3,(H,24,27)/b14-7+. The number of carbonyl (C=O) groups excluding carboxylic acids is 2. The maximum absolute atomic E-state index is 12.8. The third-order valence-electron chi connectivity index (χ3n) is 5.16. The van der Waals surface area contributed by atoms with E-state index in [0.717, 1.165) is 18.4 Å². The number of piperidine rings is 1. The topological polar surface area (TPSA) is 92.8 Å². The van der Waals surface area contributed by atoms with Gasteiger partial charge in [-0.2, -0.15) is 4.31 Å². The second kappa shape index (κ2) is 9.89. The van der Waals surface area contributed by atoms with Crippen LogP contribution in [0.3, 0.4) is 0 Å². The zero-order valence-corrected chi connectivity index (χ0v) is 18.4. The van der Waals surface area contributed by atoms with E-state index < -0.39 is 16.0 Å². The monoisotopic (exact) mass is 442 g/mol. The SMILES string of the molecule is COC(=O)/C=C/c1ccc(C(=O)Nc2ccc(S(=O)(=O)N3CCCC(C)C3)cc2)cc1. The quantitative estimate of drug-likeness (QED) is 0.546. The Morgan fingerprint density at radius 2 is 1.77 bits per heavy atom. The van der Waals surface area contributed by atoms with Gasteiger partial charge in [-0.1, -0.05) is 19.1 Å². The Morgan fingerprint density at radius 1 is 1.10 bits per heavy atom. The molecule has 3 rings (SSSR count). The van der Waals surface area contributed by atoms with Crippen LogP contribution in [0.5, 0.6) is 0 Å². The van der Waals surface area contributed by atoms with Gasteiger partial charge in [0.25, 0.3) is 5.91 Å². The van der Waals surface area contributed by atoms with Crippen molar-refractivity contribution in [2.24, 2.45) is 5.92 Å². The lowest BCUT2D eigenvalue weighted by Crippen LogP contribution is -2.39. The highest BCUT2D eigenvalue weighted by molar-refractivity contribution is 7.89. The Balaban J connectivity index is 1.65. The first-order valence-corrected chi connectivity index (χ1v) is 11.5. The average molecular weight is 443 g/mol. The molecule has 1 fully saturated rings. The number of amides is 1. The Kier molecular flexibility index (Phi) is 7.25. The van der Waals surface area contributed by atoms with Crippen LogP contribution in [-0.2, 0) is 19.6 Å². The summed E-state index contributed by atoms with van der Waals surface area (Å²) in [5.41, 5.74) is 1.70. The number of nitrogens with zero attached hydrogens (tertiary/aromatic N) is 1. The largest absolute Gasteiger partial charge is 0.466 e. The molecule has 31 heavy (non-hydrogen) atoms. The number of ether oxygens (including phenoxy) is 1. The van der Waals surface area contributed by atoms with Crippen LogP contribution in [0.4, 0.5) is 5.69 Å². The number of sulfonamides is 1. The molecule has 1 heterocycles. The van der Waals surface area contributed by atoms with Crippen molar-refractivity contribution < 1.29 is 22.7 Å². The van der Waals surface area contributed by atoms with Gasteiger partial charge in [-0.25, -0.2) is 13.2 Å². The first-order chi connectivity index (χ1) is 14.8. The Labute approximate surface area is 182 Å². The number of hydrogen-bond donors (Lipinski definition) is 1. The van der Waals surface area contributed by atoms with Crippen LogP contribution in [0, 0.1) is 5.92 Å². The summed E-state index contributed by atoms with van der Waals surface area (Å²) in [6, 6.07) is 12.9. The summed E-state index contributed by atoms with van der Waals surface area (Å²) in [6.45, 7) is 3.13. The van der Waals surface area contributed by atoms with Crippen molar-refractivity contribution in [3.63, 3.8) is 0 Å². The van der Waals surface area contributed by atoms with E-state index in [9.17, 15) is 18.0 Å². The highest BCUT2D eigenvalue weighted by Gasteiger charge is 2.28. The molecule has 7 nitrogen and oxygen atoms in total. The Bertz CT molecular complexity index is 1060. The fraction of sp³-hybridized carbons (Fsp3) is 0.304. The first kappa shape index (κ1) is 22.7. The van der Waals surface area contributed by atoms with Crippen LogP contribution in [0.1, 0.15) is 35.7 Å². The lowest BCUT2D eigenvalue weighted by Gasteiger charge is -2.30. The number of esters is 1. The minimum atomic E-state index is -3.53. The van der Waals surface area contributed by atoms with Crippen molar-refractivity contribution in [2.45, 2.75) is 24.7 Å². The lowest BCUT2D eigenvalue weighted by atomic mass is 10.0. The lowest BCUT2D eigenvalue weighted by molar-refractivity contribution is -0.134. The van der Waals surface area contributed by atoms with Crippen LogP contribution >= 0.6 is 0 Å². The smallest absolute Gasteiger partial charge is 0.330 e. The molecular formula is C23H26N2O5S. The van der Waals surface area contributed by atoms with Crippen LogP contribution in [0.2, 0.25) is 0 Å². The second-order valence-electron chi connectivity index (χ2n) is 7.57. The number of methoxy groups -OCH3 is 1. The van der Waals surface area contributed by atoms with Crippen molar-refractivity contribution in [1.82, 2.24) is 4.31 Å². The third-order valence-corrected chi connectivity index (χ3v) is 7.03. The molecule has 8 heteroatoms. The molecule has 1 amide bonds. The van der Waals surface area contributed by atoms with E-state index in [4.69, 9.17) is 0 Å². The fourth-order valence-corrected chi connectivity index (χ4v) is 5.00. The molecule has 1 aliphatic heterocycles. The molecule has 1 saturated heterocycles. The molecule has 0 aromatic heterocycles. The fourth-order valence-electron chi connectivity index (χ4n) is 3.41. The number of benzene rings is 2. The molecule has 0 radical (unpaired) electrons. The number of hydrogen-bond acceptors (Lipinski definition) is 5. The van der Waals surface area contributed by atoms with Gasteiger partial charge in [-0.15, -0.1) is 0 Å². The summed E-state index contributed by atoms with van der Waals surface area (Å²) in [7, 11) is -2.23. The van der Waals surface area contributed by atoms with Gasteiger partial charge < -0.3 is 10.1 Å². The summed E-state index contributed by atoms with van der Waals surface area (Å²) in [5.74, 6) is -0.421. The van der Waals surface area contributed by atoms with Gasteiger partial charge in [0.15, 0.2) is 0 Å². The van der Waals surface area contributed by atoms with Gasteiger partial charge in [0.2, 0.25) is 10.0 Å². The van der Waals surface area contributed by atoms with Crippen molar-refractivity contribution in [3.05, 3.63) is 65.7 Å². The number of anilines is 1. The third kappa shape index (κ3) is 5.80. The van der Waals surface area contributed by atoms with Crippen LogP contribution < -0.4 is 5.32 Å². The molecule has 164 valence electrons. The van der Waals surface area contributed by atoms with Gasteiger partial charge in [0, 0.05) is 30.4 Å². The van der Waals surface area contributed by atoms with Crippen LogP contribution in [0.15, 0.2) is 59.5 Å². The molecule has 1 N–H and O–H groups in total. The molecule has 0 saturated carbocycles. The van der Waals surface area contributed by atoms with Gasteiger partial charge in [0.05, 0.1) is 12.0 Å². The molecule has 0 aliphatic carbocycles. The molecular weight excluding hydrogens is 416 g/mol. The van der Waals surface area contributed by atoms with Gasteiger partial charge in [-0.3, -0.25) is 4.79 Å². The highest BCUT2D eigenvalue weighted by atomic mass is 32.2. The molecule has 0 spiro atoms. The summed E-state index contributed by atoms with van der Waals surface area (Å²) in [4.78, 5) is 23.8. The Morgan fingerprint density at radius 3 is 2.39 bits per heavy atom. The molecule has 2 aromatic carbocycles. The van der Waals surface area contributed by atoms with Crippen LogP contribution in [-0.4, -0.2) is 44.8 Å². The van der Waals surface area contributed by atoms with E-state index in [1.807, 2.05) is 0 Å². The summed E-state index contributed by atoms with van der Waals surface area (Å²) < 4.78 is 31.7. The van der Waals surface area contributed by atoms with Crippen molar-refractivity contribution in [3.8, 4) is 0 Å². The highest BCUT2D eigenvalue weighted by Crippen LogP contribution is 2.24. The summed E-state index contributed by atoms with van der Waals surface area (Å²) in [6.07, 6.45) is 4.80. The summed E-state index contributed by atoms with van der Waals surface area (Å²) in [5, 5.41) is 2.76. The normalized spacial score (nSPS) is 17.4. The first-order valence-electron chi connectivity index (χ1n) is 10.1. The second-order valence-corrected chi connectivity index (χ2v) is 9.51. The molecule has 1 atom stereocenters. The van der Waals surface area contributed by atoms with E-state index in [1.54, 1.807) is 42.5 Å². The molecule has 2 aromatic rings. The number of carbonyl (C=O) groups is 2. The molecule has 0 bridgehead atoms. The predicted molar refractivity (Wildman–Crippen MR) is 119 cm³/mol. The average Bonchev–Trinajstić information content (AvgIpc) is 2.78.